The van der Waals surface area contributed by atoms with Gasteiger partial charge in [0.2, 0.25) is 11.7 Å². The Labute approximate surface area is 165 Å². The van der Waals surface area contributed by atoms with Crippen molar-refractivity contribution in [2.45, 2.75) is 6.92 Å². The van der Waals surface area contributed by atoms with Gasteiger partial charge in [0.15, 0.2) is 0 Å². The van der Waals surface area contributed by atoms with Gasteiger partial charge in [0.05, 0.1) is 12.2 Å². The number of halogens is 2. The molecule has 0 aliphatic heterocycles. The summed E-state index contributed by atoms with van der Waals surface area (Å²) in [5.74, 6) is -0.952. The summed E-state index contributed by atoms with van der Waals surface area (Å²) in [4.78, 5) is 30.0. The smallest absolute Gasteiger partial charge is 0.293 e. The van der Waals surface area contributed by atoms with E-state index in [0.29, 0.717) is 22.2 Å². The second-order valence-electron chi connectivity index (χ2n) is 6.09. The Kier molecular flexibility index (Phi) is 5.70. The van der Waals surface area contributed by atoms with Crippen LogP contribution in [-0.4, -0.2) is 45.1 Å². The molecule has 0 fully saturated rings. The van der Waals surface area contributed by atoms with Crippen molar-refractivity contribution < 1.29 is 14.0 Å². The number of nitrogens with zero attached hydrogens (tertiary/aromatic N) is 4. The van der Waals surface area contributed by atoms with E-state index in [0.717, 1.165) is 0 Å². The molecule has 7 nitrogen and oxygen atoms in total. The summed E-state index contributed by atoms with van der Waals surface area (Å²) >= 11 is 5.89. The summed E-state index contributed by atoms with van der Waals surface area (Å²) in [6.07, 6.45) is 0. The molecule has 0 atom stereocenters. The number of likely N-dealkylation sites (N-methyl/N-ethyl adjacent to an activating group) is 1. The highest BCUT2D eigenvalue weighted by Crippen LogP contribution is 2.15. The van der Waals surface area contributed by atoms with Crippen LogP contribution in [0.3, 0.4) is 0 Å². The minimum atomic E-state index is -0.509. The van der Waals surface area contributed by atoms with Gasteiger partial charge in [-0.3, -0.25) is 9.59 Å². The van der Waals surface area contributed by atoms with Crippen LogP contribution >= 0.6 is 11.6 Å². The predicted molar refractivity (Wildman–Crippen MR) is 103 cm³/mol. The van der Waals surface area contributed by atoms with E-state index in [2.05, 4.69) is 15.4 Å². The van der Waals surface area contributed by atoms with Crippen LogP contribution in [0.25, 0.3) is 5.69 Å². The van der Waals surface area contributed by atoms with Gasteiger partial charge in [0, 0.05) is 17.8 Å². The molecule has 0 saturated heterocycles. The highest BCUT2D eigenvalue weighted by atomic mass is 35.5. The van der Waals surface area contributed by atoms with E-state index in [1.807, 2.05) is 0 Å². The van der Waals surface area contributed by atoms with E-state index in [9.17, 15) is 14.0 Å². The van der Waals surface area contributed by atoms with Gasteiger partial charge in [0.1, 0.15) is 11.6 Å². The molecule has 1 N–H and O–H groups in total. The lowest BCUT2D eigenvalue weighted by Crippen LogP contribution is -2.35. The SMILES string of the molecule is Cc1nc(C(=O)N(C)CC(=O)Nc2cccc(F)c2)nn1-c1ccc(Cl)cc1. The molecule has 3 rings (SSSR count). The summed E-state index contributed by atoms with van der Waals surface area (Å²) in [6.45, 7) is 1.49. The van der Waals surface area contributed by atoms with Gasteiger partial charge >= 0.3 is 0 Å². The number of aromatic nitrogens is 3. The maximum Gasteiger partial charge on any atom is 0.293 e. The van der Waals surface area contributed by atoms with Gasteiger partial charge in [0.25, 0.3) is 5.91 Å². The van der Waals surface area contributed by atoms with E-state index >= 15 is 0 Å². The number of carbonyl (C=O) groups is 2. The van der Waals surface area contributed by atoms with E-state index in [1.165, 1.54) is 34.8 Å². The van der Waals surface area contributed by atoms with Crippen molar-refractivity contribution in [2.75, 3.05) is 18.9 Å². The first-order chi connectivity index (χ1) is 13.3. The molecule has 0 unspecified atom stereocenters. The fraction of sp³-hybridized carbons (Fsp3) is 0.158. The van der Waals surface area contributed by atoms with Crippen LogP contribution in [-0.2, 0) is 4.79 Å². The molecule has 3 aromatic rings. The number of carbonyl (C=O) groups excluding carboxylic acids is 2. The minimum Gasteiger partial charge on any atom is -0.330 e. The third-order valence-corrected chi connectivity index (χ3v) is 4.12. The van der Waals surface area contributed by atoms with Crippen LogP contribution in [0.15, 0.2) is 48.5 Å². The summed E-state index contributed by atoms with van der Waals surface area (Å²) < 4.78 is 14.7. The molecular formula is C19H17ClFN5O2. The fourth-order valence-corrected chi connectivity index (χ4v) is 2.66. The van der Waals surface area contributed by atoms with Crippen molar-refractivity contribution >= 4 is 29.1 Å². The first kappa shape index (κ1) is 19.5. The molecule has 144 valence electrons. The van der Waals surface area contributed by atoms with Crippen LogP contribution in [0.1, 0.15) is 16.4 Å². The summed E-state index contributed by atoms with van der Waals surface area (Å²) in [7, 11) is 1.46. The molecule has 0 aliphatic carbocycles. The van der Waals surface area contributed by atoms with E-state index in [4.69, 9.17) is 11.6 Å². The van der Waals surface area contributed by atoms with Crippen molar-refractivity contribution in [1.82, 2.24) is 19.7 Å². The molecule has 2 amide bonds. The lowest BCUT2D eigenvalue weighted by atomic mass is 10.3. The number of hydrogen-bond acceptors (Lipinski definition) is 4. The highest BCUT2D eigenvalue weighted by molar-refractivity contribution is 6.30. The first-order valence-electron chi connectivity index (χ1n) is 8.34. The highest BCUT2D eigenvalue weighted by Gasteiger charge is 2.21. The Bertz CT molecular complexity index is 1020. The number of amides is 2. The molecule has 28 heavy (non-hydrogen) atoms. The number of anilines is 1. The Morgan fingerprint density at radius 2 is 1.93 bits per heavy atom. The summed E-state index contributed by atoms with van der Waals surface area (Å²) in [6, 6.07) is 12.4. The summed E-state index contributed by atoms with van der Waals surface area (Å²) in [5, 5.41) is 7.34. The van der Waals surface area contributed by atoms with Crippen molar-refractivity contribution in [3.63, 3.8) is 0 Å². The molecular weight excluding hydrogens is 385 g/mol. The van der Waals surface area contributed by atoms with Gasteiger partial charge in [-0.1, -0.05) is 17.7 Å². The molecule has 0 bridgehead atoms. The Morgan fingerprint density at radius 1 is 1.21 bits per heavy atom. The fourth-order valence-electron chi connectivity index (χ4n) is 2.53. The van der Waals surface area contributed by atoms with Crippen molar-refractivity contribution in [3.8, 4) is 5.69 Å². The number of nitrogens with one attached hydrogen (secondary N) is 1. The summed E-state index contributed by atoms with van der Waals surface area (Å²) in [5.41, 5.74) is 1.02. The van der Waals surface area contributed by atoms with Crippen LogP contribution in [0.4, 0.5) is 10.1 Å². The molecule has 1 aromatic heterocycles. The molecule has 2 aromatic carbocycles. The zero-order valence-electron chi connectivity index (χ0n) is 15.2. The zero-order valence-corrected chi connectivity index (χ0v) is 15.9. The average Bonchev–Trinajstić information content (AvgIpc) is 3.03. The molecule has 0 saturated carbocycles. The second kappa shape index (κ2) is 8.18. The Morgan fingerprint density at radius 3 is 2.61 bits per heavy atom. The molecule has 0 radical (unpaired) electrons. The Balaban J connectivity index is 1.68. The Hall–Kier alpha value is -3.26. The standard InChI is InChI=1S/C19H17ClFN5O2/c1-12-22-18(24-26(12)16-8-6-13(20)7-9-16)19(28)25(2)11-17(27)23-15-5-3-4-14(21)10-15/h3-10H,11H2,1-2H3,(H,23,27). The molecule has 0 aliphatic rings. The topological polar surface area (TPSA) is 80.1 Å². The zero-order chi connectivity index (χ0) is 20.3. The monoisotopic (exact) mass is 401 g/mol. The van der Waals surface area contributed by atoms with Crippen LogP contribution in [0.2, 0.25) is 5.02 Å². The minimum absolute atomic E-state index is 0.0338. The largest absolute Gasteiger partial charge is 0.330 e. The van der Waals surface area contributed by atoms with Crippen molar-refractivity contribution in [3.05, 3.63) is 71.0 Å². The van der Waals surface area contributed by atoms with E-state index in [1.54, 1.807) is 37.3 Å². The molecule has 0 spiro atoms. The maximum absolute atomic E-state index is 13.2. The normalized spacial score (nSPS) is 10.6. The number of hydrogen-bond donors (Lipinski definition) is 1. The molecule has 9 heteroatoms. The van der Waals surface area contributed by atoms with Crippen LogP contribution in [0, 0.1) is 12.7 Å². The lowest BCUT2D eigenvalue weighted by molar-refractivity contribution is -0.116. The third kappa shape index (κ3) is 4.52. The first-order valence-corrected chi connectivity index (χ1v) is 8.72. The maximum atomic E-state index is 13.2. The van der Waals surface area contributed by atoms with Gasteiger partial charge in [-0.2, -0.15) is 0 Å². The quantitative estimate of drug-likeness (QED) is 0.712. The van der Waals surface area contributed by atoms with Crippen molar-refractivity contribution in [2.24, 2.45) is 0 Å². The number of aryl methyl sites for hydroxylation is 1. The van der Waals surface area contributed by atoms with Gasteiger partial charge in [-0.15, -0.1) is 5.10 Å². The number of benzene rings is 2. The van der Waals surface area contributed by atoms with E-state index < -0.39 is 17.6 Å². The van der Waals surface area contributed by atoms with Crippen molar-refractivity contribution in [1.29, 1.82) is 0 Å². The van der Waals surface area contributed by atoms with Gasteiger partial charge in [-0.25, -0.2) is 14.1 Å². The molecule has 1 heterocycles. The van der Waals surface area contributed by atoms with Gasteiger partial charge in [-0.05, 0) is 49.4 Å². The lowest BCUT2D eigenvalue weighted by Gasteiger charge is -2.15. The third-order valence-electron chi connectivity index (χ3n) is 3.87. The predicted octanol–water partition coefficient (Wildman–Crippen LogP) is 3.08. The average molecular weight is 402 g/mol. The second-order valence-corrected chi connectivity index (χ2v) is 6.53. The van der Waals surface area contributed by atoms with E-state index in [-0.39, 0.29) is 12.4 Å². The van der Waals surface area contributed by atoms with Crippen LogP contribution < -0.4 is 5.32 Å². The number of rotatable bonds is 5. The van der Waals surface area contributed by atoms with Crippen LogP contribution in [0.5, 0.6) is 0 Å². The van der Waals surface area contributed by atoms with Gasteiger partial charge < -0.3 is 10.2 Å².